The molecule has 2 heterocycles. The Kier molecular flexibility index (Phi) is 8.21. The van der Waals surface area contributed by atoms with Gasteiger partial charge in [-0.1, -0.05) is 48.5 Å². The lowest BCUT2D eigenvalue weighted by atomic mass is 9.91. The van der Waals surface area contributed by atoms with Gasteiger partial charge in [-0.05, 0) is 84.3 Å². The summed E-state index contributed by atoms with van der Waals surface area (Å²) < 4.78 is 13.3. The van der Waals surface area contributed by atoms with Crippen LogP contribution in [0.5, 0.6) is 5.75 Å². The molecule has 41 heavy (non-hydrogen) atoms. The number of hydrogen-bond acceptors (Lipinski definition) is 4. The summed E-state index contributed by atoms with van der Waals surface area (Å²) in [5.74, 6) is 0.953. The first kappa shape index (κ1) is 27.3. The molecule has 4 aromatic rings. The lowest BCUT2D eigenvalue weighted by Gasteiger charge is -2.28. The van der Waals surface area contributed by atoms with Crippen LogP contribution in [0.1, 0.15) is 36.8 Å². The van der Waals surface area contributed by atoms with Crippen LogP contribution >= 0.6 is 0 Å². The van der Waals surface area contributed by atoms with Crippen LogP contribution in [0.3, 0.4) is 0 Å². The molecule has 0 saturated heterocycles. The quantitative estimate of drug-likeness (QED) is 0.223. The number of fused-ring (bicyclic) bond motifs is 1. The lowest BCUT2D eigenvalue weighted by molar-refractivity contribution is -0.128. The lowest BCUT2D eigenvalue weighted by Crippen LogP contribution is -2.39. The van der Waals surface area contributed by atoms with Gasteiger partial charge in [0.25, 0.3) is 5.91 Å². The number of carbonyl (C=O) groups is 1. The number of hydrogen-bond donors (Lipinski definition) is 1. The van der Waals surface area contributed by atoms with Gasteiger partial charge in [-0.3, -0.25) is 4.79 Å². The molecular weight excluding hydrogens is 510 g/mol. The molecule has 212 valence electrons. The standard InChI is InChI=1S/C35H39N3O3/c1-40-18-8-17-37-23-28(32-11-6-7-12-34(32)37)24-38(29-13-14-29)35(39)33-22-36-16-15-31(33)27-19-26(20-30(21-27)41-2)25-9-4-3-5-10-25/h3-7,9-12,19-21,23,29,36H,8,13-18,22,24H2,1-2H3. The fourth-order valence-corrected chi connectivity index (χ4v) is 6.02. The van der Waals surface area contributed by atoms with E-state index >= 15 is 0 Å². The third kappa shape index (κ3) is 5.95. The molecule has 1 aromatic heterocycles. The van der Waals surface area contributed by atoms with Gasteiger partial charge in [0.2, 0.25) is 0 Å². The number of aromatic nitrogens is 1. The first-order chi connectivity index (χ1) is 20.2. The maximum atomic E-state index is 14.4. The molecule has 1 fully saturated rings. The Morgan fingerprint density at radius 2 is 1.76 bits per heavy atom. The zero-order valence-corrected chi connectivity index (χ0v) is 24.1. The molecule has 1 saturated carbocycles. The van der Waals surface area contributed by atoms with E-state index in [1.165, 1.54) is 16.5 Å². The minimum absolute atomic E-state index is 0.148. The van der Waals surface area contributed by atoms with Crippen LogP contribution in [-0.4, -0.2) is 55.3 Å². The highest BCUT2D eigenvalue weighted by atomic mass is 16.5. The van der Waals surface area contributed by atoms with Gasteiger partial charge in [0.15, 0.2) is 0 Å². The van der Waals surface area contributed by atoms with Crippen LogP contribution in [0.15, 0.2) is 84.6 Å². The Bertz CT molecular complexity index is 1550. The summed E-state index contributed by atoms with van der Waals surface area (Å²) in [6.45, 7) is 3.67. The molecule has 1 aliphatic carbocycles. The monoisotopic (exact) mass is 549 g/mol. The number of methoxy groups -OCH3 is 2. The molecule has 3 aromatic carbocycles. The molecule has 0 spiro atoms. The summed E-state index contributed by atoms with van der Waals surface area (Å²) in [5.41, 5.74) is 7.72. The zero-order valence-electron chi connectivity index (χ0n) is 24.1. The van der Waals surface area contributed by atoms with Crippen molar-refractivity contribution >= 4 is 22.4 Å². The third-order valence-electron chi connectivity index (χ3n) is 8.28. The smallest absolute Gasteiger partial charge is 0.251 e. The molecule has 1 aliphatic heterocycles. The fourth-order valence-electron chi connectivity index (χ4n) is 6.02. The number of nitrogens with zero attached hydrogens (tertiary/aromatic N) is 2. The van der Waals surface area contributed by atoms with Crippen molar-refractivity contribution in [2.75, 3.05) is 33.9 Å². The highest BCUT2D eigenvalue weighted by Crippen LogP contribution is 2.36. The predicted molar refractivity (Wildman–Crippen MR) is 165 cm³/mol. The summed E-state index contributed by atoms with van der Waals surface area (Å²) in [5, 5.41) is 4.70. The van der Waals surface area contributed by atoms with Crippen LogP contribution < -0.4 is 10.1 Å². The number of para-hydroxylation sites is 1. The molecule has 6 nitrogen and oxygen atoms in total. The molecule has 0 radical (unpaired) electrons. The van der Waals surface area contributed by atoms with Gasteiger partial charge in [-0.2, -0.15) is 0 Å². The van der Waals surface area contributed by atoms with Gasteiger partial charge >= 0.3 is 0 Å². The number of nitrogens with one attached hydrogen (secondary N) is 1. The second-order valence-corrected chi connectivity index (χ2v) is 11.1. The van der Waals surface area contributed by atoms with E-state index in [0.717, 1.165) is 79.0 Å². The normalized spacial score (nSPS) is 15.4. The van der Waals surface area contributed by atoms with Crippen LogP contribution in [0.25, 0.3) is 27.6 Å². The summed E-state index contributed by atoms with van der Waals surface area (Å²) in [7, 11) is 3.45. The van der Waals surface area contributed by atoms with Crippen molar-refractivity contribution in [3.8, 4) is 16.9 Å². The Balaban J connectivity index is 1.35. The fraction of sp³-hybridized carbons (Fsp3) is 0.343. The summed E-state index contributed by atoms with van der Waals surface area (Å²) in [6, 6.07) is 25.5. The molecular formula is C35H39N3O3. The van der Waals surface area contributed by atoms with Crippen molar-refractivity contribution in [1.82, 2.24) is 14.8 Å². The van der Waals surface area contributed by atoms with Crippen molar-refractivity contribution in [3.63, 3.8) is 0 Å². The van der Waals surface area contributed by atoms with Crippen LogP contribution in [0.4, 0.5) is 0 Å². The maximum Gasteiger partial charge on any atom is 0.251 e. The number of benzene rings is 3. The number of ether oxygens (including phenoxy) is 2. The van der Waals surface area contributed by atoms with Gasteiger partial charge in [-0.15, -0.1) is 0 Å². The molecule has 0 bridgehead atoms. The number of carbonyl (C=O) groups excluding carboxylic acids is 1. The molecule has 2 aliphatic rings. The average Bonchev–Trinajstić information content (AvgIpc) is 3.82. The van der Waals surface area contributed by atoms with E-state index in [1.54, 1.807) is 14.2 Å². The van der Waals surface area contributed by atoms with Gasteiger partial charge in [0, 0.05) is 62.1 Å². The molecule has 6 heteroatoms. The van der Waals surface area contributed by atoms with Crippen molar-refractivity contribution in [3.05, 3.63) is 95.7 Å². The van der Waals surface area contributed by atoms with Gasteiger partial charge in [0.05, 0.1) is 7.11 Å². The molecule has 0 unspecified atom stereocenters. The zero-order chi connectivity index (χ0) is 28.2. The second-order valence-electron chi connectivity index (χ2n) is 11.1. The Morgan fingerprint density at radius 1 is 0.976 bits per heavy atom. The molecule has 0 atom stereocenters. The number of rotatable bonds is 11. The first-order valence-electron chi connectivity index (χ1n) is 14.7. The van der Waals surface area contributed by atoms with Crippen LogP contribution in [0, 0.1) is 0 Å². The van der Waals surface area contributed by atoms with Gasteiger partial charge in [0.1, 0.15) is 5.75 Å². The van der Waals surface area contributed by atoms with E-state index in [0.29, 0.717) is 19.1 Å². The Morgan fingerprint density at radius 3 is 2.54 bits per heavy atom. The van der Waals surface area contributed by atoms with Crippen molar-refractivity contribution in [2.45, 2.75) is 44.8 Å². The predicted octanol–water partition coefficient (Wildman–Crippen LogP) is 6.29. The molecule has 6 rings (SSSR count). The largest absolute Gasteiger partial charge is 0.497 e. The average molecular weight is 550 g/mol. The maximum absolute atomic E-state index is 14.4. The van der Waals surface area contributed by atoms with E-state index in [-0.39, 0.29) is 5.91 Å². The van der Waals surface area contributed by atoms with E-state index in [1.807, 2.05) is 6.07 Å². The molecule has 1 N–H and O–H groups in total. The van der Waals surface area contributed by atoms with Gasteiger partial charge in [-0.25, -0.2) is 0 Å². The minimum atomic E-state index is 0.148. The van der Waals surface area contributed by atoms with Crippen LogP contribution in [-0.2, 0) is 22.6 Å². The van der Waals surface area contributed by atoms with Crippen LogP contribution in [0.2, 0.25) is 0 Å². The van der Waals surface area contributed by atoms with Gasteiger partial charge < -0.3 is 24.3 Å². The Hall–Kier alpha value is -3.87. The first-order valence-corrected chi connectivity index (χ1v) is 14.7. The summed E-state index contributed by atoms with van der Waals surface area (Å²) in [4.78, 5) is 16.5. The van der Waals surface area contributed by atoms with Crippen molar-refractivity contribution in [2.24, 2.45) is 0 Å². The van der Waals surface area contributed by atoms with Crippen molar-refractivity contribution < 1.29 is 14.3 Å². The highest BCUT2D eigenvalue weighted by Gasteiger charge is 2.36. The topological polar surface area (TPSA) is 55.7 Å². The van der Waals surface area contributed by atoms with E-state index in [2.05, 4.69) is 87.7 Å². The second kappa shape index (κ2) is 12.3. The highest BCUT2D eigenvalue weighted by molar-refractivity contribution is 6.03. The minimum Gasteiger partial charge on any atom is -0.497 e. The summed E-state index contributed by atoms with van der Waals surface area (Å²) >= 11 is 0. The SMILES string of the molecule is COCCCn1cc(CN(C(=O)C2=C(c3cc(OC)cc(-c4ccccc4)c3)CCNC2)C2CC2)c2ccccc21. The number of amides is 1. The van der Waals surface area contributed by atoms with Crippen molar-refractivity contribution in [1.29, 1.82) is 0 Å². The molecule has 1 amide bonds. The third-order valence-corrected chi connectivity index (χ3v) is 8.28. The van der Waals surface area contributed by atoms with E-state index in [4.69, 9.17) is 9.47 Å². The number of aryl methyl sites for hydroxylation is 1. The summed E-state index contributed by atoms with van der Waals surface area (Å²) in [6.07, 6.45) is 6.12. The Labute approximate surface area is 242 Å². The van der Waals surface area contributed by atoms with E-state index < -0.39 is 0 Å². The van der Waals surface area contributed by atoms with E-state index in [9.17, 15) is 4.79 Å².